The van der Waals surface area contributed by atoms with Crippen molar-refractivity contribution < 1.29 is 4.79 Å². The van der Waals surface area contributed by atoms with Crippen molar-refractivity contribution in [1.82, 2.24) is 5.32 Å². The summed E-state index contributed by atoms with van der Waals surface area (Å²) in [6, 6.07) is 7.91. The number of amides is 1. The van der Waals surface area contributed by atoms with Crippen molar-refractivity contribution in [3.63, 3.8) is 0 Å². The summed E-state index contributed by atoms with van der Waals surface area (Å²) < 4.78 is 0. The molecular weight excluding hydrogens is 212 g/mol. The highest BCUT2D eigenvalue weighted by Crippen LogP contribution is 2.32. The van der Waals surface area contributed by atoms with Gasteiger partial charge in [0.05, 0.1) is 0 Å². The normalized spacial score (nSPS) is 16.6. The number of nitrogens with one attached hydrogen (secondary N) is 1. The molecule has 0 spiro atoms. The van der Waals surface area contributed by atoms with Crippen LogP contribution in [-0.2, 0) is 6.42 Å². The number of carbonyl (C=O) groups is 1. The predicted octanol–water partition coefficient (Wildman–Crippen LogP) is 1.72. The van der Waals surface area contributed by atoms with Gasteiger partial charge in [0, 0.05) is 18.2 Å². The molecule has 1 aromatic carbocycles. The molecule has 0 bridgehead atoms. The van der Waals surface area contributed by atoms with Crippen LogP contribution in [0.2, 0.25) is 0 Å². The molecule has 0 aliphatic heterocycles. The number of hydrogen-bond acceptors (Lipinski definition) is 2. The summed E-state index contributed by atoms with van der Waals surface area (Å²) in [5.41, 5.74) is 7.58. The molecule has 0 heterocycles. The molecule has 1 atom stereocenters. The number of benzene rings is 1. The van der Waals surface area contributed by atoms with E-state index in [-0.39, 0.29) is 11.9 Å². The van der Waals surface area contributed by atoms with Crippen molar-refractivity contribution in [3.05, 3.63) is 35.4 Å². The van der Waals surface area contributed by atoms with E-state index in [1.54, 1.807) is 0 Å². The van der Waals surface area contributed by atoms with Crippen molar-refractivity contribution in [2.75, 3.05) is 6.54 Å². The Hall–Kier alpha value is -1.35. The average Bonchev–Trinajstić information content (AvgIpc) is 3.19. The van der Waals surface area contributed by atoms with Crippen LogP contribution in [0.25, 0.3) is 0 Å². The highest BCUT2D eigenvalue weighted by molar-refractivity contribution is 5.95. The van der Waals surface area contributed by atoms with E-state index in [0.717, 1.165) is 17.5 Å². The van der Waals surface area contributed by atoms with E-state index in [2.05, 4.69) is 12.2 Å². The van der Waals surface area contributed by atoms with Gasteiger partial charge < -0.3 is 11.1 Å². The van der Waals surface area contributed by atoms with Crippen molar-refractivity contribution >= 4 is 5.91 Å². The average molecular weight is 232 g/mol. The third-order valence-electron chi connectivity index (χ3n) is 3.40. The molecule has 1 saturated carbocycles. The number of hydrogen-bond donors (Lipinski definition) is 2. The Kier molecular flexibility index (Phi) is 3.79. The third kappa shape index (κ3) is 2.86. The SMILES string of the molecule is CCc1ccccc1C(=O)NC(CN)C1CC1. The van der Waals surface area contributed by atoms with Crippen molar-refractivity contribution in [2.45, 2.75) is 32.2 Å². The number of carbonyl (C=O) groups excluding carboxylic acids is 1. The maximum absolute atomic E-state index is 12.2. The van der Waals surface area contributed by atoms with Gasteiger partial charge in [0.2, 0.25) is 0 Å². The largest absolute Gasteiger partial charge is 0.348 e. The molecule has 1 aliphatic rings. The van der Waals surface area contributed by atoms with Gasteiger partial charge in [-0.15, -0.1) is 0 Å². The van der Waals surface area contributed by atoms with Crippen molar-refractivity contribution in [3.8, 4) is 0 Å². The summed E-state index contributed by atoms with van der Waals surface area (Å²) >= 11 is 0. The minimum absolute atomic E-state index is 0.0183. The van der Waals surface area contributed by atoms with E-state index in [4.69, 9.17) is 5.73 Å². The summed E-state index contributed by atoms with van der Waals surface area (Å²) in [5.74, 6) is 0.613. The first-order valence-corrected chi connectivity index (χ1v) is 6.35. The smallest absolute Gasteiger partial charge is 0.251 e. The van der Waals surface area contributed by atoms with Crippen LogP contribution in [0.5, 0.6) is 0 Å². The van der Waals surface area contributed by atoms with E-state index < -0.39 is 0 Å². The number of aryl methyl sites for hydroxylation is 1. The molecule has 17 heavy (non-hydrogen) atoms. The highest BCUT2D eigenvalue weighted by atomic mass is 16.1. The molecule has 0 radical (unpaired) electrons. The minimum Gasteiger partial charge on any atom is -0.348 e. The topological polar surface area (TPSA) is 55.1 Å². The molecular formula is C14H20N2O. The predicted molar refractivity (Wildman–Crippen MR) is 68.9 cm³/mol. The summed E-state index contributed by atoms with van der Waals surface area (Å²) in [6.45, 7) is 2.60. The highest BCUT2D eigenvalue weighted by Gasteiger charge is 2.31. The molecule has 1 aliphatic carbocycles. The molecule has 2 rings (SSSR count). The monoisotopic (exact) mass is 232 g/mol. The standard InChI is InChI=1S/C14H20N2O/c1-2-10-5-3-4-6-12(10)14(17)16-13(9-15)11-7-8-11/h3-6,11,13H,2,7-9,15H2,1H3,(H,16,17). The van der Waals surface area contributed by atoms with Gasteiger partial charge in [0.25, 0.3) is 5.91 Å². The Morgan fingerprint density at radius 3 is 2.76 bits per heavy atom. The lowest BCUT2D eigenvalue weighted by Gasteiger charge is -2.17. The van der Waals surface area contributed by atoms with Crippen LogP contribution < -0.4 is 11.1 Å². The van der Waals surface area contributed by atoms with Crippen LogP contribution in [-0.4, -0.2) is 18.5 Å². The van der Waals surface area contributed by atoms with Crippen molar-refractivity contribution in [1.29, 1.82) is 0 Å². The lowest BCUT2D eigenvalue weighted by atomic mass is 10.0. The van der Waals surface area contributed by atoms with E-state index >= 15 is 0 Å². The second-order valence-corrected chi connectivity index (χ2v) is 4.66. The van der Waals surface area contributed by atoms with E-state index in [0.29, 0.717) is 12.5 Å². The molecule has 1 aromatic rings. The van der Waals surface area contributed by atoms with Gasteiger partial charge in [-0.25, -0.2) is 0 Å². The lowest BCUT2D eigenvalue weighted by molar-refractivity contribution is 0.0932. The van der Waals surface area contributed by atoms with Crippen LogP contribution in [0.4, 0.5) is 0 Å². The van der Waals surface area contributed by atoms with E-state index in [1.165, 1.54) is 12.8 Å². The fourth-order valence-corrected chi connectivity index (χ4v) is 2.16. The first-order chi connectivity index (χ1) is 8.26. The minimum atomic E-state index is 0.0183. The van der Waals surface area contributed by atoms with Gasteiger partial charge in [0.15, 0.2) is 0 Å². The zero-order valence-corrected chi connectivity index (χ0v) is 10.3. The second kappa shape index (κ2) is 5.32. The first-order valence-electron chi connectivity index (χ1n) is 6.35. The maximum Gasteiger partial charge on any atom is 0.251 e. The maximum atomic E-state index is 12.2. The molecule has 92 valence electrons. The fraction of sp³-hybridized carbons (Fsp3) is 0.500. The summed E-state index contributed by atoms with van der Waals surface area (Å²) in [6.07, 6.45) is 3.26. The molecule has 0 aromatic heterocycles. The van der Waals surface area contributed by atoms with Gasteiger partial charge in [-0.05, 0) is 36.8 Å². The number of nitrogens with two attached hydrogens (primary N) is 1. The molecule has 0 saturated heterocycles. The Labute approximate surface area is 102 Å². The quantitative estimate of drug-likeness (QED) is 0.812. The van der Waals surface area contributed by atoms with Crippen LogP contribution in [0.3, 0.4) is 0 Å². The zero-order chi connectivity index (χ0) is 12.3. The Balaban J connectivity index is 2.07. The first kappa shape index (κ1) is 12.1. The van der Waals surface area contributed by atoms with Gasteiger partial charge in [-0.1, -0.05) is 25.1 Å². The molecule has 3 N–H and O–H groups in total. The van der Waals surface area contributed by atoms with Gasteiger partial charge in [-0.3, -0.25) is 4.79 Å². The second-order valence-electron chi connectivity index (χ2n) is 4.66. The zero-order valence-electron chi connectivity index (χ0n) is 10.3. The Morgan fingerprint density at radius 1 is 1.47 bits per heavy atom. The summed E-state index contributed by atoms with van der Waals surface area (Å²) in [5, 5.41) is 3.06. The summed E-state index contributed by atoms with van der Waals surface area (Å²) in [4.78, 5) is 12.2. The van der Waals surface area contributed by atoms with E-state index in [1.807, 2.05) is 24.3 Å². The lowest BCUT2D eigenvalue weighted by Crippen LogP contribution is -2.42. The van der Waals surface area contributed by atoms with Crippen LogP contribution in [0, 0.1) is 5.92 Å². The van der Waals surface area contributed by atoms with Crippen LogP contribution in [0.15, 0.2) is 24.3 Å². The third-order valence-corrected chi connectivity index (χ3v) is 3.40. The fourth-order valence-electron chi connectivity index (χ4n) is 2.16. The van der Waals surface area contributed by atoms with Gasteiger partial charge in [-0.2, -0.15) is 0 Å². The molecule has 3 nitrogen and oxygen atoms in total. The molecule has 1 amide bonds. The van der Waals surface area contributed by atoms with Gasteiger partial charge >= 0.3 is 0 Å². The Morgan fingerprint density at radius 2 is 2.18 bits per heavy atom. The Bertz CT molecular complexity index is 399. The molecule has 3 heteroatoms. The molecule has 1 unspecified atom stereocenters. The molecule has 1 fully saturated rings. The van der Waals surface area contributed by atoms with Crippen molar-refractivity contribution in [2.24, 2.45) is 11.7 Å². The van der Waals surface area contributed by atoms with Gasteiger partial charge in [0.1, 0.15) is 0 Å². The van der Waals surface area contributed by atoms with Crippen LogP contribution >= 0.6 is 0 Å². The van der Waals surface area contributed by atoms with Crippen LogP contribution in [0.1, 0.15) is 35.7 Å². The summed E-state index contributed by atoms with van der Waals surface area (Å²) in [7, 11) is 0. The number of rotatable bonds is 5. The van der Waals surface area contributed by atoms with E-state index in [9.17, 15) is 4.79 Å².